The molecule has 1 amide bonds. The van der Waals surface area contributed by atoms with Gasteiger partial charge in [-0.25, -0.2) is 4.79 Å². The Morgan fingerprint density at radius 2 is 1.72 bits per heavy atom. The van der Waals surface area contributed by atoms with Crippen LogP contribution in [0.4, 0.5) is 4.79 Å². The van der Waals surface area contributed by atoms with Crippen molar-refractivity contribution in [3.8, 4) is 16.9 Å². The Hall–Kier alpha value is -3.80. The molecule has 0 aromatic heterocycles. The monoisotopic (exact) mass is 429 g/mol. The van der Waals surface area contributed by atoms with E-state index in [-0.39, 0.29) is 18.9 Å². The van der Waals surface area contributed by atoms with Gasteiger partial charge in [-0.2, -0.15) is 0 Å². The maximum absolute atomic E-state index is 12.7. The summed E-state index contributed by atoms with van der Waals surface area (Å²) in [5.41, 5.74) is 6.31. The SMILES string of the molecule is O=C(O)CC(NC(=O)OCC1c2ccccc2-c2ccccc21)c1ccc2c(c1)CCO2. The molecule has 1 aliphatic carbocycles. The smallest absolute Gasteiger partial charge is 0.407 e. The molecule has 0 radical (unpaired) electrons. The summed E-state index contributed by atoms with van der Waals surface area (Å²) in [5, 5.41) is 12.1. The van der Waals surface area contributed by atoms with E-state index in [2.05, 4.69) is 29.6 Å². The lowest BCUT2D eigenvalue weighted by molar-refractivity contribution is -0.137. The van der Waals surface area contributed by atoms with Crippen molar-refractivity contribution in [1.29, 1.82) is 0 Å². The molecule has 1 atom stereocenters. The van der Waals surface area contributed by atoms with Crippen LogP contribution in [0.15, 0.2) is 66.7 Å². The first-order valence-electron chi connectivity index (χ1n) is 10.7. The van der Waals surface area contributed by atoms with Crippen molar-refractivity contribution >= 4 is 12.1 Å². The number of hydrogen-bond donors (Lipinski definition) is 2. The molecule has 5 rings (SSSR count). The predicted octanol–water partition coefficient (Wildman–Crippen LogP) is 4.68. The third-order valence-electron chi connectivity index (χ3n) is 6.13. The zero-order chi connectivity index (χ0) is 22.1. The molecule has 3 aromatic carbocycles. The topological polar surface area (TPSA) is 84.9 Å². The van der Waals surface area contributed by atoms with E-state index in [0.717, 1.165) is 45.6 Å². The molecule has 6 nitrogen and oxygen atoms in total. The molecule has 0 spiro atoms. The molecule has 0 saturated heterocycles. The summed E-state index contributed by atoms with van der Waals surface area (Å²) in [7, 11) is 0. The number of ether oxygens (including phenoxy) is 2. The molecular formula is C26H23NO5. The van der Waals surface area contributed by atoms with Gasteiger partial charge in [0.25, 0.3) is 0 Å². The highest BCUT2D eigenvalue weighted by molar-refractivity contribution is 5.79. The van der Waals surface area contributed by atoms with Gasteiger partial charge in [-0.15, -0.1) is 0 Å². The van der Waals surface area contributed by atoms with E-state index in [1.54, 1.807) is 6.07 Å². The molecule has 32 heavy (non-hydrogen) atoms. The van der Waals surface area contributed by atoms with Gasteiger partial charge in [0.2, 0.25) is 0 Å². The summed E-state index contributed by atoms with van der Waals surface area (Å²) in [4.78, 5) is 24.1. The normalized spacial score (nSPS) is 14.6. The molecular weight excluding hydrogens is 406 g/mol. The van der Waals surface area contributed by atoms with Crippen molar-refractivity contribution in [2.75, 3.05) is 13.2 Å². The summed E-state index contributed by atoms with van der Waals surface area (Å²) in [6, 6.07) is 21.1. The van der Waals surface area contributed by atoms with Crippen molar-refractivity contribution in [2.24, 2.45) is 0 Å². The third-order valence-corrected chi connectivity index (χ3v) is 6.13. The van der Waals surface area contributed by atoms with Crippen molar-refractivity contribution in [3.63, 3.8) is 0 Å². The molecule has 1 unspecified atom stereocenters. The van der Waals surface area contributed by atoms with Gasteiger partial charge in [-0.3, -0.25) is 4.79 Å². The maximum Gasteiger partial charge on any atom is 0.407 e. The first-order chi connectivity index (χ1) is 15.6. The second-order valence-corrected chi connectivity index (χ2v) is 8.09. The van der Waals surface area contributed by atoms with E-state index in [4.69, 9.17) is 9.47 Å². The molecule has 6 heteroatoms. The molecule has 0 saturated carbocycles. The fourth-order valence-electron chi connectivity index (χ4n) is 4.63. The van der Waals surface area contributed by atoms with Crippen LogP contribution in [0.25, 0.3) is 11.1 Å². The van der Waals surface area contributed by atoms with Crippen LogP contribution in [0.1, 0.15) is 40.6 Å². The Bertz CT molecular complexity index is 1140. The first kappa shape index (κ1) is 20.1. The van der Waals surface area contributed by atoms with Crippen LogP contribution in [-0.4, -0.2) is 30.4 Å². The Morgan fingerprint density at radius 1 is 1.03 bits per heavy atom. The number of hydrogen-bond acceptors (Lipinski definition) is 4. The fourth-order valence-corrected chi connectivity index (χ4v) is 4.63. The van der Waals surface area contributed by atoms with Gasteiger partial charge in [-0.1, -0.05) is 54.6 Å². The molecule has 1 heterocycles. The molecule has 0 fully saturated rings. The van der Waals surface area contributed by atoms with Gasteiger partial charge in [-0.05, 0) is 45.5 Å². The van der Waals surface area contributed by atoms with Crippen LogP contribution in [-0.2, 0) is 16.0 Å². The second kappa shape index (κ2) is 8.38. The van der Waals surface area contributed by atoms with Gasteiger partial charge >= 0.3 is 12.1 Å². The number of rotatable bonds is 6. The van der Waals surface area contributed by atoms with Gasteiger partial charge in [0.1, 0.15) is 12.4 Å². The number of benzene rings is 3. The van der Waals surface area contributed by atoms with Crippen LogP contribution in [0.2, 0.25) is 0 Å². The first-order valence-corrected chi connectivity index (χ1v) is 10.7. The lowest BCUT2D eigenvalue weighted by atomic mass is 9.98. The van der Waals surface area contributed by atoms with E-state index in [1.807, 2.05) is 36.4 Å². The minimum absolute atomic E-state index is 0.0526. The van der Waals surface area contributed by atoms with E-state index >= 15 is 0 Å². The Morgan fingerprint density at radius 3 is 2.41 bits per heavy atom. The molecule has 3 aromatic rings. The van der Waals surface area contributed by atoms with E-state index in [1.165, 1.54) is 0 Å². The quantitative estimate of drug-likeness (QED) is 0.595. The number of aliphatic carboxylic acids is 1. The van der Waals surface area contributed by atoms with Crippen molar-refractivity contribution in [1.82, 2.24) is 5.32 Å². The Kier molecular flexibility index (Phi) is 5.27. The summed E-state index contributed by atoms with van der Waals surface area (Å²) < 4.78 is 11.1. The molecule has 162 valence electrons. The van der Waals surface area contributed by atoms with Crippen molar-refractivity contribution in [3.05, 3.63) is 89.0 Å². The Balaban J connectivity index is 1.31. The second-order valence-electron chi connectivity index (χ2n) is 8.09. The average Bonchev–Trinajstić information content (AvgIpc) is 3.39. The highest BCUT2D eigenvalue weighted by Crippen LogP contribution is 2.44. The van der Waals surface area contributed by atoms with Crippen LogP contribution in [0.5, 0.6) is 5.75 Å². The highest BCUT2D eigenvalue weighted by atomic mass is 16.5. The lowest BCUT2D eigenvalue weighted by Gasteiger charge is -2.19. The van der Waals surface area contributed by atoms with Gasteiger partial charge in [0.15, 0.2) is 0 Å². The van der Waals surface area contributed by atoms with Gasteiger partial charge in [0, 0.05) is 12.3 Å². The van der Waals surface area contributed by atoms with Crippen LogP contribution >= 0.6 is 0 Å². The number of carbonyl (C=O) groups is 2. The summed E-state index contributed by atoms with van der Waals surface area (Å²) in [6.45, 7) is 0.792. The Labute approximate surface area is 185 Å². The predicted molar refractivity (Wildman–Crippen MR) is 119 cm³/mol. The molecule has 0 bridgehead atoms. The maximum atomic E-state index is 12.7. The van der Waals surface area contributed by atoms with Crippen molar-refractivity contribution < 1.29 is 24.2 Å². The average molecular weight is 429 g/mol. The van der Waals surface area contributed by atoms with E-state index < -0.39 is 18.1 Å². The number of alkyl carbamates (subject to hydrolysis) is 1. The molecule has 2 aliphatic rings. The number of carbonyl (C=O) groups excluding carboxylic acids is 1. The molecule has 2 N–H and O–H groups in total. The van der Waals surface area contributed by atoms with E-state index in [9.17, 15) is 14.7 Å². The van der Waals surface area contributed by atoms with Crippen LogP contribution in [0, 0.1) is 0 Å². The standard InChI is InChI=1S/C26H23NO5/c28-25(29)14-23(16-9-10-24-17(13-16)11-12-31-24)27-26(30)32-15-22-20-7-3-1-5-18(20)19-6-2-4-8-21(19)22/h1-10,13,22-23H,11-12,14-15H2,(H,27,30)(H,28,29). The number of amides is 1. The fraction of sp³-hybridized carbons (Fsp3) is 0.231. The highest BCUT2D eigenvalue weighted by Gasteiger charge is 2.29. The van der Waals surface area contributed by atoms with Crippen molar-refractivity contribution in [2.45, 2.75) is 24.8 Å². The summed E-state index contributed by atoms with van der Waals surface area (Å²) >= 11 is 0. The number of nitrogens with one attached hydrogen (secondary N) is 1. The minimum Gasteiger partial charge on any atom is -0.493 e. The largest absolute Gasteiger partial charge is 0.493 e. The minimum atomic E-state index is -0.995. The van der Waals surface area contributed by atoms with Crippen LogP contribution < -0.4 is 10.1 Å². The lowest BCUT2D eigenvalue weighted by Crippen LogP contribution is -2.31. The zero-order valence-electron chi connectivity index (χ0n) is 17.4. The van der Waals surface area contributed by atoms with Crippen LogP contribution in [0.3, 0.4) is 0 Å². The summed E-state index contributed by atoms with van der Waals surface area (Å²) in [6.07, 6.45) is -0.0903. The third kappa shape index (κ3) is 3.80. The molecule has 1 aliphatic heterocycles. The number of carboxylic acid groups (broad SMARTS) is 1. The van der Waals surface area contributed by atoms with E-state index in [0.29, 0.717) is 6.61 Å². The zero-order valence-corrected chi connectivity index (χ0v) is 17.4. The number of carboxylic acids is 1. The van der Waals surface area contributed by atoms with Gasteiger partial charge < -0.3 is 19.9 Å². The summed E-state index contributed by atoms with van der Waals surface area (Å²) in [5.74, 6) is -0.238. The number of fused-ring (bicyclic) bond motifs is 4. The van der Waals surface area contributed by atoms with Gasteiger partial charge in [0.05, 0.1) is 19.1 Å².